The van der Waals surface area contributed by atoms with Gasteiger partial charge in [-0.1, -0.05) is 60.1 Å². The van der Waals surface area contributed by atoms with Crippen molar-refractivity contribution in [3.63, 3.8) is 0 Å². The predicted molar refractivity (Wildman–Crippen MR) is 156 cm³/mol. The Bertz CT molecular complexity index is 1270. The number of halogens is 1. The second-order valence-electron chi connectivity index (χ2n) is 9.93. The Morgan fingerprint density at radius 2 is 1.79 bits per heavy atom. The topological polar surface area (TPSA) is 81.3 Å². The zero-order chi connectivity index (χ0) is 26.5. The SMILES string of the molecule is CN1CCCC1CCNC(=O)c1cnc(NNC(=S)NC2c3ccccc3CCc3ccccc32)c(Cl)c1. The molecule has 1 atom stereocenters. The summed E-state index contributed by atoms with van der Waals surface area (Å²) in [6.45, 7) is 1.75. The van der Waals surface area contributed by atoms with E-state index in [1.165, 1.54) is 41.3 Å². The van der Waals surface area contributed by atoms with E-state index in [0.29, 0.717) is 34.1 Å². The fourth-order valence-electron chi connectivity index (χ4n) is 5.41. The zero-order valence-corrected chi connectivity index (χ0v) is 23.0. The van der Waals surface area contributed by atoms with E-state index in [2.05, 4.69) is 86.9 Å². The van der Waals surface area contributed by atoms with Crippen molar-refractivity contribution in [1.29, 1.82) is 0 Å². The molecule has 0 radical (unpaired) electrons. The number of benzene rings is 2. The van der Waals surface area contributed by atoms with Crippen molar-refractivity contribution in [2.45, 2.75) is 44.2 Å². The normalized spacial score (nSPS) is 17.2. The van der Waals surface area contributed by atoms with Gasteiger partial charge in [-0.15, -0.1) is 0 Å². The summed E-state index contributed by atoms with van der Waals surface area (Å²) in [5.41, 5.74) is 11.5. The minimum absolute atomic E-state index is 0.0785. The molecule has 3 aromatic rings. The van der Waals surface area contributed by atoms with Crippen LogP contribution < -0.4 is 21.5 Å². The fraction of sp³-hybridized carbons (Fsp3) is 0.345. The number of pyridine rings is 1. The maximum absolute atomic E-state index is 12.6. The summed E-state index contributed by atoms with van der Waals surface area (Å²) >= 11 is 12.1. The van der Waals surface area contributed by atoms with Gasteiger partial charge in [0.2, 0.25) is 0 Å². The van der Waals surface area contributed by atoms with Crippen LogP contribution >= 0.6 is 23.8 Å². The summed E-state index contributed by atoms with van der Waals surface area (Å²) in [4.78, 5) is 19.3. The van der Waals surface area contributed by atoms with Crippen LogP contribution in [0.3, 0.4) is 0 Å². The van der Waals surface area contributed by atoms with Crippen molar-refractivity contribution in [3.8, 4) is 0 Å². The highest BCUT2D eigenvalue weighted by atomic mass is 35.5. The van der Waals surface area contributed by atoms with Crippen molar-refractivity contribution in [2.24, 2.45) is 0 Å². The molecule has 2 aromatic carbocycles. The number of fused-ring (bicyclic) bond motifs is 2. The Hall–Kier alpha value is -3.20. The van der Waals surface area contributed by atoms with Crippen LogP contribution in [0.2, 0.25) is 5.02 Å². The van der Waals surface area contributed by atoms with Gasteiger partial charge in [-0.25, -0.2) is 4.98 Å². The van der Waals surface area contributed by atoms with Gasteiger partial charge < -0.3 is 15.5 Å². The number of anilines is 1. The number of hydrazine groups is 1. The van der Waals surface area contributed by atoms with Crippen LogP contribution in [-0.2, 0) is 12.8 Å². The number of nitrogens with one attached hydrogen (secondary N) is 4. The van der Waals surface area contributed by atoms with Crippen LogP contribution in [0.25, 0.3) is 0 Å². The van der Waals surface area contributed by atoms with Crippen LogP contribution in [0.4, 0.5) is 5.82 Å². The predicted octanol–water partition coefficient (Wildman–Crippen LogP) is 4.63. The molecule has 1 saturated heterocycles. The summed E-state index contributed by atoms with van der Waals surface area (Å²) < 4.78 is 0. The van der Waals surface area contributed by atoms with Gasteiger partial charge in [0.25, 0.3) is 5.91 Å². The molecule has 4 N–H and O–H groups in total. The van der Waals surface area contributed by atoms with Gasteiger partial charge in [0.15, 0.2) is 10.9 Å². The van der Waals surface area contributed by atoms with Gasteiger partial charge in [-0.2, -0.15) is 0 Å². The molecular weight excluding hydrogens is 516 g/mol. The highest BCUT2D eigenvalue weighted by molar-refractivity contribution is 7.80. The molecule has 1 aliphatic carbocycles. The number of aromatic nitrogens is 1. The van der Waals surface area contributed by atoms with E-state index in [1.807, 2.05) is 0 Å². The molecule has 38 heavy (non-hydrogen) atoms. The Labute approximate surface area is 234 Å². The maximum atomic E-state index is 12.6. The van der Waals surface area contributed by atoms with Gasteiger partial charge >= 0.3 is 0 Å². The smallest absolute Gasteiger partial charge is 0.252 e. The maximum Gasteiger partial charge on any atom is 0.252 e. The summed E-state index contributed by atoms with van der Waals surface area (Å²) in [6.07, 6.45) is 6.83. The second kappa shape index (κ2) is 12.1. The van der Waals surface area contributed by atoms with E-state index in [4.69, 9.17) is 23.8 Å². The molecule has 1 aliphatic heterocycles. The molecule has 2 aliphatic rings. The first-order chi connectivity index (χ1) is 18.5. The number of amides is 1. The first-order valence-electron chi connectivity index (χ1n) is 13.1. The number of rotatable bonds is 7. The molecule has 0 saturated carbocycles. The van der Waals surface area contributed by atoms with Crippen molar-refractivity contribution in [3.05, 3.63) is 93.6 Å². The van der Waals surface area contributed by atoms with Crippen LogP contribution in [0.15, 0.2) is 60.8 Å². The molecule has 1 unspecified atom stereocenters. The number of thiocarbonyl (C=S) groups is 1. The lowest BCUT2D eigenvalue weighted by Crippen LogP contribution is -2.41. The molecule has 2 heterocycles. The minimum Gasteiger partial charge on any atom is -0.352 e. The van der Waals surface area contributed by atoms with Gasteiger partial charge in [0, 0.05) is 18.8 Å². The quantitative estimate of drug-likeness (QED) is 0.253. The summed E-state index contributed by atoms with van der Waals surface area (Å²) in [6, 6.07) is 19.0. The summed E-state index contributed by atoms with van der Waals surface area (Å²) in [5.74, 6) is 0.212. The summed E-state index contributed by atoms with van der Waals surface area (Å²) in [7, 11) is 2.14. The van der Waals surface area contributed by atoms with Crippen molar-refractivity contribution in [1.82, 2.24) is 25.9 Å². The van der Waals surface area contributed by atoms with Gasteiger partial charge in [0.1, 0.15) is 0 Å². The zero-order valence-electron chi connectivity index (χ0n) is 21.5. The molecule has 1 aromatic heterocycles. The monoisotopic (exact) mass is 548 g/mol. The van der Waals surface area contributed by atoms with E-state index in [9.17, 15) is 4.79 Å². The van der Waals surface area contributed by atoms with Crippen molar-refractivity contribution >= 4 is 40.7 Å². The lowest BCUT2D eigenvalue weighted by molar-refractivity contribution is 0.0950. The van der Waals surface area contributed by atoms with E-state index in [0.717, 1.165) is 25.8 Å². The number of hydrogen-bond acceptors (Lipinski definition) is 5. The van der Waals surface area contributed by atoms with Crippen molar-refractivity contribution < 1.29 is 4.79 Å². The number of nitrogens with zero attached hydrogens (tertiary/aromatic N) is 2. The number of carbonyl (C=O) groups is 1. The van der Waals surface area contributed by atoms with E-state index in [-0.39, 0.29) is 11.9 Å². The standard InChI is InChI=1S/C29H33ClN6OS/c1-36-16-6-9-22(36)14-15-31-28(37)21-17-25(30)27(32-18-21)34-35-29(38)33-26-23-10-4-2-7-19(23)12-13-20-8-3-5-11-24(20)26/h2-5,7-8,10-11,17-18,22,26H,6,9,12-16H2,1H3,(H,31,37)(H,32,34)(H2,33,35,38). The highest BCUT2D eigenvalue weighted by Crippen LogP contribution is 2.32. The van der Waals surface area contributed by atoms with E-state index >= 15 is 0 Å². The Kier molecular flexibility index (Phi) is 8.42. The van der Waals surface area contributed by atoms with Gasteiger partial charge in [-0.05, 0) is 86.2 Å². The average molecular weight is 549 g/mol. The number of carbonyl (C=O) groups excluding carboxylic acids is 1. The van der Waals surface area contributed by atoms with Crippen molar-refractivity contribution in [2.75, 3.05) is 25.6 Å². The van der Waals surface area contributed by atoms with Gasteiger partial charge in [0.05, 0.1) is 16.6 Å². The van der Waals surface area contributed by atoms with Crippen LogP contribution in [0.1, 0.15) is 57.9 Å². The van der Waals surface area contributed by atoms with Gasteiger partial charge in [-0.3, -0.25) is 15.6 Å². The number of aryl methyl sites for hydroxylation is 2. The average Bonchev–Trinajstić information content (AvgIpc) is 3.27. The first-order valence-corrected chi connectivity index (χ1v) is 13.9. The molecule has 1 amide bonds. The third-order valence-electron chi connectivity index (χ3n) is 7.50. The molecule has 9 heteroatoms. The van der Waals surface area contributed by atoms with E-state index in [1.54, 1.807) is 6.07 Å². The third kappa shape index (κ3) is 6.09. The molecule has 5 rings (SSSR count). The molecule has 1 fully saturated rings. The largest absolute Gasteiger partial charge is 0.352 e. The molecule has 0 spiro atoms. The lowest BCUT2D eigenvalue weighted by atomic mass is 9.95. The second-order valence-corrected chi connectivity index (χ2v) is 10.7. The Balaban J connectivity index is 1.19. The Morgan fingerprint density at radius 1 is 1.11 bits per heavy atom. The van der Waals surface area contributed by atoms with Crippen LogP contribution in [0.5, 0.6) is 0 Å². The lowest BCUT2D eigenvalue weighted by Gasteiger charge is -2.24. The minimum atomic E-state index is -0.178. The van der Waals surface area contributed by atoms with E-state index < -0.39 is 0 Å². The molecule has 7 nitrogen and oxygen atoms in total. The summed E-state index contributed by atoms with van der Waals surface area (Å²) in [5, 5.41) is 7.18. The highest BCUT2D eigenvalue weighted by Gasteiger charge is 2.24. The number of hydrogen-bond donors (Lipinski definition) is 4. The number of likely N-dealkylation sites (tertiary alicyclic amines) is 1. The molecule has 198 valence electrons. The third-order valence-corrected chi connectivity index (χ3v) is 8.01. The fourth-order valence-corrected chi connectivity index (χ4v) is 5.80. The molecular formula is C29H33ClN6OS. The Morgan fingerprint density at radius 3 is 2.42 bits per heavy atom. The van der Waals surface area contributed by atoms with Crippen LogP contribution in [0, 0.1) is 0 Å². The first kappa shape index (κ1) is 26.4. The molecule has 0 bridgehead atoms. The van der Waals surface area contributed by atoms with Crippen LogP contribution in [-0.4, -0.2) is 47.1 Å².